The van der Waals surface area contributed by atoms with Gasteiger partial charge in [-0.05, 0) is 24.3 Å². The maximum atomic E-state index is 10.4. The fourth-order valence-corrected chi connectivity index (χ4v) is 3.04. The average molecular weight is 307 g/mol. The number of halogens is 1. The van der Waals surface area contributed by atoms with Crippen molar-refractivity contribution in [3.63, 3.8) is 0 Å². The maximum absolute atomic E-state index is 10.4. The summed E-state index contributed by atoms with van der Waals surface area (Å²) in [7, 11) is 1.88. The summed E-state index contributed by atoms with van der Waals surface area (Å²) in [4.78, 5) is 0. The van der Waals surface area contributed by atoms with Gasteiger partial charge in [0.1, 0.15) is 0 Å². The van der Waals surface area contributed by atoms with Crippen molar-refractivity contribution in [1.82, 2.24) is 9.78 Å². The van der Waals surface area contributed by atoms with Crippen molar-refractivity contribution < 1.29 is 5.11 Å². The lowest BCUT2D eigenvalue weighted by atomic mass is 9.93. The SMILES string of the molecule is CCc1nn(C)c(CC(O)CC(C)c2ccccc2)c1Cl. The lowest BCUT2D eigenvalue weighted by Gasteiger charge is -2.17. The zero-order chi connectivity index (χ0) is 15.4. The number of hydrogen-bond donors (Lipinski definition) is 1. The molecule has 2 unspecified atom stereocenters. The van der Waals surface area contributed by atoms with E-state index in [0.29, 0.717) is 23.8 Å². The van der Waals surface area contributed by atoms with Gasteiger partial charge in [0.15, 0.2) is 0 Å². The van der Waals surface area contributed by atoms with Crippen molar-refractivity contribution >= 4 is 11.6 Å². The second-order valence-corrected chi connectivity index (χ2v) is 5.97. The van der Waals surface area contributed by atoms with E-state index in [0.717, 1.165) is 17.8 Å². The first-order chi connectivity index (χ1) is 10.0. The Labute approximate surface area is 131 Å². The Morgan fingerprint density at radius 3 is 2.52 bits per heavy atom. The number of aryl methyl sites for hydroxylation is 2. The van der Waals surface area contributed by atoms with Crippen molar-refractivity contribution in [3.8, 4) is 0 Å². The van der Waals surface area contributed by atoms with Gasteiger partial charge in [0, 0.05) is 13.5 Å². The Bertz CT molecular complexity index is 580. The number of rotatable bonds is 6. The van der Waals surface area contributed by atoms with E-state index in [2.05, 4.69) is 24.2 Å². The molecule has 1 heterocycles. The minimum atomic E-state index is -0.419. The number of benzene rings is 1. The summed E-state index contributed by atoms with van der Waals surface area (Å²) in [5.41, 5.74) is 3.07. The third-order valence-electron chi connectivity index (χ3n) is 3.93. The van der Waals surface area contributed by atoms with Gasteiger partial charge in [-0.3, -0.25) is 4.68 Å². The van der Waals surface area contributed by atoms with E-state index in [4.69, 9.17) is 11.6 Å². The topological polar surface area (TPSA) is 38.0 Å². The third kappa shape index (κ3) is 3.86. The molecule has 0 aliphatic heterocycles. The van der Waals surface area contributed by atoms with Crippen molar-refractivity contribution in [2.24, 2.45) is 7.05 Å². The monoisotopic (exact) mass is 306 g/mol. The normalized spacial score (nSPS) is 14.1. The highest BCUT2D eigenvalue weighted by molar-refractivity contribution is 6.31. The zero-order valence-electron chi connectivity index (χ0n) is 12.9. The lowest BCUT2D eigenvalue weighted by Crippen LogP contribution is -2.16. The lowest BCUT2D eigenvalue weighted by molar-refractivity contribution is 0.155. The van der Waals surface area contributed by atoms with E-state index in [1.54, 1.807) is 4.68 Å². The molecule has 2 atom stereocenters. The number of aliphatic hydroxyl groups is 1. The number of aliphatic hydroxyl groups excluding tert-OH is 1. The summed E-state index contributed by atoms with van der Waals surface area (Å²) >= 11 is 6.33. The predicted octanol–water partition coefficient (Wildman–Crippen LogP) is 3.73. The van der Waals surface area contributed by atoms with E-state index in [-0.39, 0.29) is 0 Å². The molecule has 3 nitrogen and oxygen atoms in total. The predicted molar refractivity (Wildman–Crippen MR) is 86.8 cm³/mol. The van der Waals surface area contributed by atoms with Gasteiger partial charge in [0.2, 0.25) is 0 Å². The molecule has 0 saturated heterocycles. The summed E-state index contributed by atoms with van der Waals surface area (Å²) in [6, 6.07) is 10.3. The van der Waals surface area contributed by atoms with Crippen LogP contribution in [0, 0.1) is 0 Å². The van der Waals surface area contributed by atoms with Gasteiger partial charge in [-0.2, -0.15) is 5.10 Å². The Morgan fingerprint density at radius 1 is 1.29 bits per heavy atom. The second-order valence-electron chi connectivity index (χ2n) is 5.59. The molecule has 0 amide bonds. The first-order valence-corrected chi connectivity index (χ1v) is 7.84. The van der Waals surface area contributed by atoms with Gasteiger partial charge in [-0.15, -0.1) is 0 Å². The number of aromatic nitrogens is 2. The highest BCUT2D eigenvalue weighted by atomic mass is 35.5. The Hall–Kier alpha value is -1.32. The molecule has 1 aromatic carbocycles. The quantitative estimate of drug-likeness (QED) is 0.883. The largest absolute Gasteiger partial charge is 0.393 e. The Kier molecular flexibility index (Phi) is 5.43. The first-order valence-electron chi connectivity index (χ1n) is 7.46. The fraction of sp³-hybridized carbons (Fsp3) is 0.471. The molecule has 1 N–H and O–H groups in total. The summed E-state index contributed by atoms with van der Waals surface area (Å²) in [5.74, 6) is 0.318. The minimum absolute atomic E-state index is 0.318. The van der Waals surface area contributed by atoms with Crippen molar-refractivity contribution in [3.05, 3.63) is 52.3 Å². The van der Waals surface area contributed by atoms with Crippen LogP contribution in [0.4, 0.5) is 0 Å². The van der Waals surface area contributed by atoms with Gasteiger partial charge in [0.25, 0.3) is 0 Å². The first kappa shape index (κ1) is 16.1. The van der Waals surface area contributed by atoms with Crippen LogP contribution in [0.2, 0.25) is 5.02 Å². The standard InChI is InChI=1S/C17H23ClN2O/c1-4-15-17(18)16(20(3)19-15)11-14(21)10-12(2)13-8-6-5-7-9-13/h5-9,12,14,21H,4,10-11H2,1-3H3. The second kappa shape index (κ2) is 7.10. The zero-order valence-corrected chi connectivity index (χ0v) is 13.6. The van der Waals surface area contributed by atoms with E-state index < -0.39 is 6.10 Å². The molecule has 0 spiro atoms. The van der Waals surface area contributed by atoms with Crippen LogP contribution < -0.4 is 0 Å². The molecule has 21 heavy (non-hydrogen) atoms. The Balaban J connectivity index is 2.02. The highest BCUT2D eigenvalue weighted by Gasteiger charge is 2.18. The number of hydrogen-bond acceptors (Lipinski definition) is 2. The summed E-state index contributed by atoms with van der Waals surface area (Å²) in [6.07, 6.45) is 1.65. The van der Waals surface area contributed by atoms with Crippen LogP contribution in [0.25, 0.3) is 0 Å². The van der Waals surface area contributed by atoms with Gasteiger partial charge in [0.05, 0.1) is 22.5 Å². The molecule has 2 rings (SSSR count). The van der Waals surface area contributed by atoms with Gasteiger partial charge >= 0.3 is 0 Å². The molecule has 4 heteroatoms. The van der Waals surface area contributed by atoms with Crippen LogP contribution in [0.1, 0.15) is 43.1 Å². The van der Waals surface area contributed by atoms with E-state index in [1.165, 1.54) is 5.56 Å². The van der Waals surface area contributed by atoms with Crippen LogP contribution in [0.3, 0.4) is 0 Å². The molecule has 0 aliphatic rings. The summed E-state index contributed by atoms with van der Waals surface area (Å²) < 4.78 is 1.79. The van der Waals surface area contributed by atoms with E-state index >= 15 is 0 Å². The molecular weight excluding hydrogens is 284 g/mol. The van der Waals surface area contributed by atoms with Crippen molar-refractivity contribution in [1.29, 1.82) is 0 Å². The van der Waals surface area contributed by atoms with Crippen LogP contribution in [0.5, 0.6) is 0 Å². The average Bonchev–Trinajstić information content (AvgIpc) is 2.75. The molecule has 0 bridgehead atoms. The third-order valence-corrected chi connectivity index (χ3v) is 4.36. The maximum Gasteiger partial charge on any atom is 0.0850 e. The van der Waals surface area contributed by atoms with Crippen LogP contribution >= 0.6 is 11.6 Å². The van der Waals surface area contributed by atoms with Crippen molar-refractivity contribution in [2.45, 2.75) is 45.1 Å². The van der Waals surface area contributed by atoms with Gasteiger partial charge in [-0.1, -0.05) is 55.8 Å². The van der Waals surface area contributed by atoms with Gasteiger partial charge < -0.3 is 5.11 Å². The van der Waals surface area contributed by atoms with Crippen LogP contribution in [-0.2, 0) is 19.9 Å². The minimum Gasteiger partial charge on any atom is -0.393 e. The molecule has 0 fully saturated rings. The van der Waals surface area contributed by atoms with E-state index in [1.807, 2.05) is 32.2 Å². The molecule has 0 aliphatic carbocycles. The molecule has 2 aromatic rings. The van der Waals surface area contributed by atoms with Crippen LogP contribution in [-0.4, -0.2) is 21.0 Å². The van der Waals surface area contributed by atoms with E-state index in [9.17, 15) is 5.11 Å². The molecule has 114 valence electrons. The molecule has 1 aromatic heterocycles. The molecule has 0 saturated carbocycles. The van der Waals surface area contributed by atoms with Crippen LogP contribution in [0.15, 0.2) is 30.3 Å². The fourth-order valence-electron chi connectivity index (χ4n) is 2.67. The van der Waals surface area contributed by atoms with Crippen molar-refractivity contribution in [2.75, 3.05) is 0 Å². The number of nitrogens with zero attached hydrogens (tertiary/aromatic N) is 2. The van der Waals surface area contributed by atoms with Gasteiger partial charge in [-0.25, -0.2) is 0 Å². The smallest absolute Gasteiger partial charge is 0.0850 e. The summed E-state index contributed by atoms with van der Waals surface area (Å²) in [6.45, 7) is 4.17. The molecular formula is C17H23ClN2O. The summed E-state index contributed by atoms with van der Waals surface area (Å²) in [5, 5.41) is 15.5. The Morgan fingerprint density at radius 2 is 1.95 bits per heavy atom. The highest BCUT2D eigenvalue weighted by Crippen LogP contribution is 2.25. The molecule has 0 radical (unpaired) electrons.